The number of aromatic nitrogens is 1. The molecule has 1 aliphatic heterocycles. The summed E-state index contributed by atoms with van der Waals surface area (Å²) in [6, 6.07) is 0. The third-order valence-electron chi connectivity index (χ3n) is 2.60. The lowest BCUT2D eigenvalue weighted by molar-refractivity contribution is 0.360. The number of nitrogens with two attached hydrogens (primary N) is 1. The van der Waals surface area contributed by atoms with Gasteiger partial charge in [-0.3, -0.25) is 4.98 Å². The molecule has 1 aromatic heterocycles. The van der Waals surface area contributed by atoms with Crippen LogP contribution < -0.4 is 11.1 Å². The van der Waals surface area contributed by atoms with Crippen LogP contribution in [0.1, 0.15) is 0 Å². The van der Waals surface area contributed by atoms with E-state index in [2.05, 4.69) is 26.2 Å². The van der Waals surface area contributed by atoms with Gasteiger partial charge in [-0.05, 0) is 15.9 Å². The van der Waals surface area contributed by atoms with Gasteiger partial charge < -0.3 is 11.1 Å². The van der Waals surface area contributed by atoms with Crippen molar-refractivity contribution in [1.82, 2.24) is 14.6 Å². The number of halogens is 1. The molecule has 3 N–H and O–H groups in total. The first-order chi connectivity index (χ1) is 8.03. The van der Waals surface area contributed by atoms with E-state index in [4.69, 9.17) is 5.73 Å². The van der Waals surface area contributed by atoms with E-state index < -0.39 is 10.0 Å². The average Bonchev–Trinajstić information content (AvgIpc) is 2.33. The van der Waals surface area contributed by atoms with Gasteiger partial charge in [0.25, 0.3) is 0 Å². The molecule has 0 aliphatic carbocycles. The minimum Gasteiger partial charge on any atom is -0.397 e. The summed E-state index contributed by atoms with van der Waals surface area (Å²) in [5.74, 6) is 0. The number of nitrogen functional groups attached to an aromatic ring is 1. The maximum Gasteiger partial charge on any atom is 0.246 e. The Kier molecular flexibility index (Phi) is 3.67. The minimum atomic E-state index is -3.54. The molecule has 1 fully saturated rings. The Morgan fingerprint density at radius 2 is 2.00 bits per heavy atom. The fourth-order valence-electron chi connectivity index (χ4n) is 1.66. The third-order valence-corrected chi connectivity index (χ3v) is 5.15. The number of pyridine rings is 1. The van der Waals surface area contributed by atoms with Crippen LogP contribution in [-0.4, -0.2) is 43.9 Å². The summed E-state index contributed by atoms with van der Waals surface area (Å²) in [4.78, 5) is 3.92. The van der Waals surface area contributed by atoms with E-state index in [1.807, 2.05) is 0 Å². The molecular weight excluding hydrogens is 308 g/mol. The van der Waals surface area contributed by atoms with Gasteiger partial charge in [-0.2, -0.15) is 4.31 Å². The van der Waals surface area contributed by atoms with Gasteiger partial charge in [-0.1, -0.05) is 0 Å². The number of nitrogens with one attached hydrogen (secondary N) is 1. The predicted molar refractivity (Wildman–Crippen MR) is 68.0 cm³/mol. The number of piperazine rings is 1. The van der Waals surface area contributed by atoms with Gasteiger partial charge in [0.1, 0.15) is 4.90 Å². The molecule has 0 spiro atoms. The van der Waals surface area contributed by atoms with E-state index in [1.54, 1.807) is 0 Å². The summed E-state index contributed by atoms with van der Waals surface area (Å²) >= 11 is 3.18. The number of nitrogens with zero attached hydrogens (tertiary/aromatic N) is 2. The van der Waals surface area contributed by atoms with Crippen LogP contribution in [0.4, 0.5) is 5.69 Å². The van der Waals surface area contributed by atoms with Gasteiger partial charge in [-0.15, -0.1) is 0 Å². The standard InChI is InChI=1S/C9H13BrN4O2S/c10-7-5-13-6-8(9(7)11)17(15,16)14-3-1-12-2-4-14/h5-6,12H,1-4H2,(H2,11,13). The van der Waals surface area contributed by atoms with Crippen LogP contribution >= 0.6 is 15.9 Å². The molecule has 17 heavy (non-hydrogen) atoms. The molecule has 0 radical (unpaired) electrons. The highest BCUT2D eigenvalue weighted by atomic mass is 79.9. The highest BCUT2D eigenvalue weighted by Gasteiger charge is 2.28. The van der Waals surface area contributed by atoms with Crippen LogP contribution in [0.2, 0.25) is 0 Å². The van der Waals surface area contributed by atoms with Crippen molar-refractivity contribution < 1.29 is 8.42 Å². The van der Waals surface area contributed by atoms with Crippen LogP contribution in [0, 0.1) is 0 Å². The SMILES string of the molecule is Nc1c(Br)cncc1S(=O)(=O)N1CCNCC1. The van der Waals surface area contributed by atoms with Crippen LogP contribution in [0.3, 0.4) is 0 Å². The van der Waals surface area contributed by atoms with Gasteiger partial charge in [-0.25, -0.2) is 8.42 Å². The highest BCUT2D eigenvalue weighted by molar-refractivity contribution is 9.10. The lowest BCUT2D eigenvalue weighted by Gasteiger charge is -2.26. The Hall–Kier alpha value is -0.700. The van der Waals surface area contributed by atoms with E-state index in [0.717, 1.165) is 0 Å². The Morgan fingerprint density at radius 1 is 1.35 bits per heavy atom. The quantitative estimate of drug-likeness (QED) is 0.802. The number of rotatable bonds is 2. The van der Waals surface area contributed by atoms with Gasteiger partial charge in [0.05, 0.1) is 10.2 Å². The summed E-state index contributed by atoms with van der Waals surface area (Å²) in [6.45, 7) is 2.21. The second kappa shape index (κ2) is 4.89. The first-order valence-electron chi connectivity index (χ1n) is 5.13. The Bertz CT molecular complexity index is 514. The second-order valence-electron chi connectivity index (χ2n) is 3.69. The first-order valence-corrected chi connectivity index (χ1v) is 7.36. The zero-order valence-corrected chi connectivity index (χ0v) is 11.5. The molecule has 1 saturated heterocycles. The first kappa shape index (κ1) is 12.7. The minimum absolute atomic E-state index is 0.0637. The molecule has 0 atom stereocenters. The maximum absolute atomic E-state index is 12.3. The lowest BCUT2D eigenvalue weighted by atomic mass is 10.4. The average molecular weight is 321 g/mol. The highest BCUT2D eigenvalue weighted by Crippen LogP contribution is 2.27. The van der Waals surface area contributed by atoms with Crippen LogP contribution in [0.25, 0.3) is 0 Å². The fourth-order valence-corrected chi connectivity index (χ4v) is 3.64. The van der Waals surface area contributed by atoms with Gasteiger partial charge in [0, 0.05) is 38.6 Å². The second-order valence-corrected chi connectivity index (χ2v) is 6.45. The summed E-state index contributed by atoms with van der Waals surface area (Å²) < 4.78 is 26.5. The molecule has 0 saturated carbocycles. The van der Waals surface area contributed by atoms with Crippen molar-refractivity contribution >= 4 is 31.6 Å². The Balaban J connectivity index is 2.40. The summed E-state index contributed by atoms with van der Waals surface area (Å²) in [7, 11) is -3.54. The van der Waals surface area contributed by atoms with E-state index >= 15 is 0 Å². The molecule has 6 nitrogen and oxygen atoms in total. The lowest BCUT2D eigenvalue weighted by Crippen LogP contribution is -2.46. The molecular formula is C9H13BrN4O2S. The van der Waals surface area contributed by atoms with Crippen molar-refractivity contribution in [1.29, 1.82) is 0 Å². The van der Waals surface area contributed by atoms with Crippen LogP contribution in [0.15, 0.2) is 21.8 Å². The summed E-state index contributed by atoms with van der Waals surface area (Å²) in [5.41, 5.74) is 5.97. The van der Waals surface area contributed by atoms with Crippen molar-refractivity contribution in [2.75, 3.05) is 31.9 Å². The van der Waals surface area contributed by atoms with Gasteiger partial charge in [0.2, 0.25) is 10.0 Å². The zero-order valence-electron chi connectivity index (χ0n) is 9.06. The van der Waals surface area contributed by atoms with E-state index in [0.29, 0.717) is 30.7 Å². The summed E-state index contributed by atoms with van der Waals surface area (Å²) in [6.07, 6.45) is 2.77. The number of sulfonamides is 1. The van der Waals surface area contributed by atoms with Crippen molar-refractivity contribution in [3.63, 3.8) is 0 Å². The molecule has 1 aromatic rings. The van der Waals surface area contributed by atoms with Crippen molar-refractivity contribution in [2.45, 2.75) is 4.90 Å². The molecule has 2 rings (SSSR count). The molecule has 1 aliphatic rings. The third kappa shape index (κ3) is 2.44. The molecule has 0 unspecified atom stereocenters. The maximum atomic E-state index is 12.3. The van der Waals surface area contributed by atoms with Crippen LogP contribution in [0.5, 0.6) is 0 Å². The molecule has 2 heterocycles. The van der Waals surface area contributed by atoms with Crippen molar-refractivity contribution in [3.8, 4) is 0 Å². The molecule has 0 amide bonds. The fraction of sp³-hybridized carbons (Fsp3) is 0.444. The van der Waals surface area contributed by atoms with E-state index in [1.165, 1.54) is 16.7 Å². The number of anilines is 1. The molecule has 94 valence electrons. The Labute approximate surface area is 108 Å². The zero-order chi connectivity index (χ0) is 12.5. The molecule has 0 bridgehead atoms. The molecule has 8 heteroatoms. The number of hydrogen-bond donors (Lipinski definition) is 2. The van der Waals surface area contributed by atoms with E-state index in [9.17, 15) is 8.42 Å². The van der Waals surface area contributed by atoms with Crippen molar-refractivity contribution in [3.05, 3.63) is 16.9 Å². The monoisotopic (exact) mass is 320 g/mol. The Morgan fingerprint density at radius 3 is 2.65 bits per heavy atom. The largest absolute Gasteiger partial charge is 0.397 e. The number of hydrogen-bond acceptors (Lipinski definition) is 5. The van der Waals surface area contributed by atoms with E-state index in [-0.39, 0.29) is 10.6 Å². The van der Waals surface area contributed by atoms with Gasteiger partial charge >= 0.3 is 0 Å². The molecule has 0 aromatic carbocycles. The normalized spacial score (nSPS) is 18.2. The predicted octanol–water partition coefficient (Wildman–Crippen LogP) is 0.0202. The van der Waals surface area contributed by atoms with Crippen LogP contribution in [-0.2, 0) is 10.0 Å². The smallest absolute Gasteiger partial charge is 0.246 e. The van der Waals surface area contributed by atoms with Gasteiger partial charge in [0.15, 0.2) is 0 Å². The topological polar surface area (TPSA) is 88.3 Å². The van der Waals surface area contributed by atoms with Crippen molar-refractivity contribution in [2.24, 2.45) is 0 Å². The summed E-state index contributed by atoms with van der Waals surface area (Å²) in [5, 5.41) is 3.10.